The average Bonchev–Trinajstić information content (AvgIpc) is 3.22. The summed E-state index contributed by atoms with van der Waals surface area (Å²) in [7, 11) is 1.25. The van der Waals surface area contributed by atoms with Crippen LogP contribution in [0.2, 0.25) is 0 Å². The van der Waals surface area contributed by atoms with Crippen LogP contribution in [0.4, 0.5) is 0 Å². The first-order valence-corrected chi connectivity index (χ1v) is 19.6. The maximum Gasteiger partial charge on any atom is 0.338 e. The van der Waals surface area contributed by atoms with Crippen LogP contribution in [-0.4, -0.2) is 122 Å². The van der Waals surface area contributed by atoms with Crippen molar-refractivity contribution in [1.82, 2.24) is 0 Å². The molecule has 320 valence electrons. The molecule has 0 N–H and O–H groups in total. The van der Waals surface area contributed by atoms with Crippen LogP contribution in [0.25, 0.3) is 0 Å². The first-order valence-electron chi connectivity index (χ1n) is 18.6. The van der Waals surface area contributed by atoms with E-state index in [1.54, 1.807) is 54.6 Å². The van der Waals surface area contributed by atoms with Crippen LogP contribution < -0.4 is 0 Å². The van der Waals surface area contributed by atoms with E-state index in [1.807, 2.05) is 0 Å². The van der Waals surface area contributed by atoms with Gasteiger partial charge in [-0.05, 0) is 36.4 Å². The van der Waals surface area contributed by atoms with Gasteiger partial charge in [0.25, 0.3) is 0 Å². The summed E-state index contributed by atoms with van der Waals surface area (Å²) in [6, 6.07) is 23.8. The summed E-state index contributed by atoms with van der Waals surface area (Å²) in [5.41, 5.74) is -0.886. The van der Waals surface area contributed by atoms with Gasteiger partial charge >= 0.3 is 41.8 Å². The molecule has 3 aromatic rings. The Hall–Kier alpha value is -5.82. The van der Waals surface area contributed by atoms with E-state index in [2.05, 4.69) is 0 Å². The number of esters is 7. The second-order valence-electron chi connectivity index (χ2n) is 13.4. The smallest absolute Gasteiger partial charge is 0.338 e. The predicted molar refractivity (Wildman–Crippen MR) is 207 cm³/mol. The van der Waals surface area contributed by atoms with Crippen molar-refractivity contribution in [2.75, 3.05) is 20.3 Å². The number of methoxy groups -OCH3 is 1. The Morgan fingerprint density at radius 1 is 0.500 bits per heavy atom. The van der Waals surface area contributed by atoms with Gasteiger partial charge in [-0.15, -0.1) is 11.8 Å². The standard InChI is InChI=1S/C42H44O17S/c1-23(43)51-22-31-33(53-24(2)44)35(54-25(3)45)37(55-26(4)46)42(60-31)52-21-30-32(57-38(47)27-15-9-6-10-16-27)34(58-39(48)28-17-11-7-12-18-28)36(41(50-5)56-30)59-40(49)29-19-13-8-14-20-29/h6-20,30-37,41-42H,21-22H2,1-5H3/t30-,31-,32-,33-,34+,35+,36-,37-,41-,42-/m1/s1. The molecule has 17 nitrogen and oxygen atoms in total. The first kappa shape index (κ1) is 45.3. The molecule has 0 bridgehead atoms. The quantitative estimate of drug-likeness (QED) is 0.157. The lowest BCUT2D eigenvalue weighted by atomic mass is 9.97. The average molecular weight is 853 g/mol. The summed E-state index contributed by atoms with van der Waals surface area (Å²) in [6.45, 7) is 3.61. The molecule has 2 heterocycles. The molecular weight excluding hydrogens is 809 g/mol. The molecule has 18 heteroatoms. The highest BCUT2D eigenvalue weighted by molar-refractivity contribution is 8.00. The van der Waals surface area contributed by atoms with Gasteiger partial charge in [-0.25, -0.2) is 14.4 Å². The van der Waals surface area contributed by atoms with E-state index in [0.717, 1.165) is 32.5 Å². The number of ether oxygens (including phenoxy) is 10. The van der Waals surface area contributed by atoms with E-state index in [4.69, 9.17) is 47.4 Å². The largest absolute Gasteiger partial charge is 0.465 e. The van der Waals surface area contributed by atoms with Gasteiger partial charge in [0, 0.05) is 34.8 Å². The zero-order valence-electron chi connectivity index (χ0n) is 33.2. The lowest BCUT2D eigenvalue weighted by Crippen LogP contribution is -2.63. The molecule has 0 radical (unpaired) electrons. The molecular formula is C42H44O17S. The fourth-order valence-corrected chi connectivity index (χ4v) is 7.79. The predicted octanol–water partition coefficient (Wildman–Crippen LogP) is 3.85. The fourth-order valence-electron chi connectivity index (χ4n) is 6.41. The number of carbonyl (C=O) groups is 7. The summed E-state index contributed by atoms with van der Waals surface area (Å²) >= 11 is 0.932. The van der Waals surface area contributed by atoms with Crippen LogP contribution in [0.15, 0.2) is 91.0 Å². The van der Waals surface area contributed by atoms with E-state index >= 15 is 0 Å². The van der Waals surface area contributed by atoms with Crippen molar-refractivity contribution < 1.29 is 80.9 Å². The minimum atomic E-state index is -1.60. The zero-order valence-corrected chi connectivity index (χ0v) is 34.0. The zero-order chi connectivity index (χ0) is 43.3. The Morgan fingerprint density at radius 2 is 0.917 bits per heavy atom. The highest BCUT2D eigenvalue weighted by Gasteiger charge is 2.55. The van der Waals surface area contributed by atoms with Crippen LogP contribution >= 0.6 is 11.8 Å². The number of hydrogen-bond acceptors (Lipinski definition) is 18. The van der Waals surface area contributed by atoms with Gasteiger partial charge in [0.1, 0.15) is 18.1 Å². The lowest BCUT2D eigenvalue weighted by molar-refractivity contribution is -0.295. The molecule has 3 aromatic carbocycles. The number of thioether (sulfide) groups is 1. The van der Waals surface area contributed by atoms with Crippen molar-refractivity contribution in [3.8, 4) is 0 Å². The van der Waals surface area contributed by atoms with Crippen LogP contribution in [-0.2, 0) is 66.5 Å². The van der Waals surface area contributed by atoms with E-state index in [1.165, 1.54) is 50.4 Å². The molecule has 5 rings (SSSR count). The van der Waals surface area contributed by atoms with Crippen molar-refractivity contribution in [3.63, 3.8) is 0 Å². The maximum absolute atomic E-state index is 13.8. The monoisotopic (exact) mass is 852 g/mol. The molecule has 0 saturated carbocycles. The van der Waals surface area contributed by atoms with E-state index in [-0.39, 0.29) is 23.3 Å². The molecule has 0 unspecified atom stereocenters. The molecule has 2 fully saturated rings. The van der Waals surface area contributed by atoms with E-state index < -0.39 is 108 Å². The van der Waals surface area contributed by atoms with Gasteiger partial charge in [0.05, 0.1) is 28.5 Å². The van der Waals surface area contributed by atoms with Crippen LogP contribution in [0.3, 0.4) is 0 Å². The third-order valence-corrected chi connectivity index (χ3v) is 10.4. The molecule has 10 atom stereocenters. The summed E-state index contributed by atoms with van der Waals surface area (Å²) in [5.74, 6) is -5.65. The Kier molecular flexibility index (Phi) is 16.2. The summed E-state index contributed by atoms with van der Waals surface area (Å²) in [5, 5.41) is -0.939. The topological polar surface area (TPSA) is 212 Å². The molecule has 2 saturated heterocycles. The number of carbonyl (C=O) groups excluding carboxylic acids is 7. The molecule has 60 heavy (non-hydrogen) atoms. The molecule has 2 aliphatic rings. The van der Waals surface area contributed by atoms with Gasteiger partial charge in [0.15, 0.2) is 42.9 Å². The highest BCUT2D eigenvalue weighted by atomic mass is 32.2. The minimum Gasteiger partial charge on any atom is -0.465 e. The SMILES string of the molecule is CO[C@@H]1O[C@H](CO[C@@H]2S[C@H](COC(C)=O)[C@@H](OC(C)=O)[C@H](OC(C)=O)[C@H]2OC(C)=O)[C@@H](OC(=O)c2ccccc2)[C@H](OC(=O)c2ccccc2)[C@H]1OC(=O)c1ccccc1. The Balaban J connectivity index is 1.55. The van der Waals surface area contributed by atoms with E-state index in [9.17, 15) is 33.6 Å². The summed E-state index contributed by atoms with van der Waals surface area (Å²) in [4.78, 5) is 90.2. The van der Waals surface area contributed by atoms with Crippen molar-refractivity contribution >= 4 is 53.5 Å². The Labute approximate surface area is 349 Å². The number of rotatable bonds is 15. The lowest BCUT2D eigenvalue weighted by Gasteiger charge is -2.46. The van der Waals surface area contributed by atoms with Gasteiger partial charge in [-0.3, -0.25) is 19.2 Å². The number of benzene rings is 3. The van der Waals surface area contributed by atoms with Gasteiger partial charge in [-0.1, -0.05) is 54.6 Å². The Morgan fingerprint density at radius 3 is 1.37 bits per heavy atom. The summed E-state index contributed by atoms with van der Waals surface area (Å²) in [6.07, 6.45) is -11.8. The van der Waals surface area contributed by atoms with Gasteiger partial charge in [0.2, 0.25) is 0 Å². The van der Waals surface area contributed by atoms with Crippen molar-refractivity contribution in [1.29, 1.82) is 0 Å². The second kappa shape index (κ2) is 21.4. The van der Waals surface area contributed by atoms with Crippen molar-refractivity contribution in [3.05, 3.63) is 108 Å². The highest BCUT2D eigenvalue weighted by Crippen LogP contribution is 2.40. The molecule has 0 spiro atoms. The minimum absolute atomic E-state index is 0.115. The second-order valence-corrected chi connectivity index (χ2v) is 14.7. The maximum atomic E-state index is 13.8. The van der Waals surface area contributed by atoms with Crippen LogP contribution in [0, 0.1) is 0 Å². The van der Waals surface area contributed by atoms with Gasteiger partial charge < -0.3 is 47.4 Å². The summed E-state index contributed by atoms with van der Waals surface area (Å²) < 4.78 is 58.3. The third kappa shape index (κ3) is 12.1. The molecule has 0 amide bonds. The number of hydrogen-bond donors (Lipinski definition) is 0. The Bertz CT molecular complexity index is 1960. The van der Waals surface area contributed by atoms with Crippen molar-refractivity contribution in [2.24, 2.45) is 0 Å². The van der Waals surface area contributed by atoms with Gasteiger partial charge in [-0.2, -0.15) is 0 Å². The normalized spacial score (nSPS) is 26.0. The molecule has 0 aromatic heterocycles. The van der Waals surface area contributed by atoms with Crippen molar-refractivity contribution in [2.45, 2.75) is 87.4 Å². The van der Waals surface area contributed by atoms with Crippen LogP contribution in [0.5, 0.6) is 0 Å². The fraction of sp³-hybridized carbons (Fsp3) is 0.405. The van der Waals surface area contributed by atoms with E-state index in [0.29, 0.717) is 0 Å². The third-order valence-electron chi connectivity index (χ3n) is 8.95. The van der Waals surface area contributed by atoms with Crippen LogP contribution in [0.1, 0.15) is 58.8 Å². The first-order chi connectivity index (χ1) is 28.7. The molecule has 0 aliphatic carbocycles. The molecule has 2 aliphatic heterocycles.